The highest BCUT2D eigenvalue weighted by molar-refractivity contribution is 4.62. The lowest BCUT2D eigenvalue weighted by Gasteiger charge is -2.21. The minimum atomic E-state index is -0.139. The molecular formula is C7H17NO2. The highest BCUT2D eigenvalue weighted by Crippen LogP contribution is 1.96. The Morgan fingerprint density at radius 2 is 1.80 bits per heavy atom. The zero-order valence-electron chi connectivity index (χ0n) is 7.18. The smallest absolute Gasteiger partial charge is 0.171 e. The van der Waals surface area contributed by atoms with Gasteiger partial charge in [-0.25, -0.2) is 0 Å². The van der Waals surface area contributed by atoms with Crippen LogP contribution in [0, 0.1) is 0 Å². The van der Waals surface area contributed by atoms with Crippen LogP contribution in [0.1, 0.15) is 13.8 Å². The fourth-order valence-corrected chi connectivity index (χ4v) is 0.923. The lowest BCUT2D eigenvalue weighted by Crippen LogP contribution is -2.39. The van der Waals surface area contributed by atoms with Gasteiger partial charge in [-0.2, -0.15) is 0 Å². The van der Waals surface area contributed by atoms with Gasteiger partial charge in [0.25, 0.3) is 0 Å². The van der Waals surface area contributed by atoms with Gasteiger partial charge in [0.15, 0.2) is 6.29 Å². The standard InChI is InChI=1S/C7H17NO2/c1-5-8-6(2)7(9-3)10-4/h6-8H,5H2,1-4H3. The molecule has 0 aliphatic rings. The molecule has 0 saturated heterocycles. The number of methoxy groups -OCH3 is 2. The Labute approximate surface area is 62.7 Å². The Bertz CT molecular complexity index is 74.0. The van der Waals surface area contributed by atoms with Gasteiger partial charge < -0.3 is 14.8 Å². The zero-order valence-corrected chi connectivity index (χ0v) is 7.18. The third kappa shape index (κ3) is 3.15. The Kier molecular flexibility index (Phi) is 5.58. The number of hydrogen-bond acceptors (Lipinski definition) is 3. The summed E-state index contributed by atoms with van der Waals surface area (Å²) in [4.78, 5) is 0. The fraction of sp³-hybridized carbons (Fsp3) is 1.00. The second-order valence-corrected chi connectivity index (χ2v) is 2.19. The first-order valence-corrected chi connectivity index (χ1v) is 3.55. The van der Waals surface area contributed by atoms with Crippen LogP contribution in [0.25, 0.3) is 0 Å². The summed E-state index contributed by atoms with van der Waals surface area (Å²) in [5, 5.41) is 3.20. The topological polar surface area (TPSA) is 30.5 Å². The third-order valence-corrected chi connectivity index (χ3v) is 1.40. The molecule has 0 heterocycles. The van der Waals surface area contributed by atoms with Crippen molar-refractivity contribution in [1.29, 1.82) is 0 Å². The van der Waals surface area contributed by atoms with Crippen LogP contribution in [0.2, 0.25) is 0 Å². The fourth-order valence-electron chi connectivity index (χ4n) is 0.923. The normalized spacial score (nSPS) is 14.1. The summed E-state index contributed by atoms with van der Waals surface area (Å²) < 4.78 is 10.1. The SMILES string of the molecule is CCNC(C)C(OC)OC. The second-order valence-electron chi connectivity index (χ2n) is 2.19. The molecule has 1 atom stereocenters. The molecule has 3 heteroatoms. The first-order valence-electron chi connectivity index (χ1n) is 3.55. The van der Waals surface area contributed by atoms with Gasteiger partial charge in [-0.05, 0) is 13.5 Å². The molecule has 1 N–H and O–H groups in total. The largest absolute Gasteiger partial charge is 0.354 e. The van der Waals surface area contributed by atoms with Crippen molar-refractivity contribution in [3.05, 3.63) is 0 Å². The Morgan fingerprint density at radius 3 is 2.10 bits per heavy atom. The minimum absolute atomic E-state index is 0.139. The number of likely N-dealkylation sites (N-methyl/N-ethyl adjacent to an activating group) is 1. The maximum Gasteiger partial charge on any atom is 0.171 e. The number of rotatable bonds is 5. The quantitative estimate of drug-likeness (QED) is 0.578. The molecule has 0 aliphatic heterocycles. The lowest BCUT2D eigenvalue weighted by atomic mass is 10.3. The van der Waals surface area contributed by atoms with Gasteiger partial charge in [0, 0.05) is 14.2 Å². The maximum atomic E-state index is 5.03. The number of ether oxygens (including phenoxy) is 2. The summed E-state index contributed by atoms with van der Waals surface area (Å²) in [7, 11) is 3.28. The molecule has 0 spiro atoms. The van der Waals surface area contributed by atoms with Crippen LogP contribution in [-0.4, -0.2) is 33.1 Å². The van der Waals surface area contributed by atoms with Crippen LogP contribution in [-0.2, 0) is 9.47 Å². The Morgan fingerprint density at radius 1 is 1.30 bits per heavy atom. The van der Waals surface area contributed by atoms with Gasteiger partial charge in [-0.1, -0.05) is 6.92 Å². The van der Waals surface area contributed by atoms with Crippen LogP contribution < -0.4 is 5.32 Å². The van der Waals surface area contributed by atoms with Crippen LogP contribution in [0.4, 0.5) is 0 Å². The lowest BCUT2D eigenvalue weighted by molar-refractivity contribution is -0.119. The molecular weight excluding hydrogens is 130 g/mol. The van der Waals surface area contributed by atoms with Crippen molar-refractivity contribution in [2.24, 2.45) is 0 Å². The van der Waals surface area contributed by atoms with Crippen molar-refractivity contribution in [2.45, 2.75) is 26.2 Å². The van der Waals surface area contributed by atoms with Crippen LogP contribution in [0.15, 0.2) is 0 Å². The molecule has 0 amide bonds. The van der Waals surface area contributed by atoms with E-state index in [2.05, 4.69) is 12.2 Å². The first-order chi connectivity index (χ1) is 4.76. The van der Waals surface area contributed by atoms with Crippen molar-refractivity contribution in [3.63, 3.8) is 0 Å². The van der Waals surface area contributed by atoms with Crippen molar-refractivity contribution in [3.8, 4) is 0 Å². The molecule has 0 aromatic rings. The molecule has 3 nitrogen and oxygen atoms in total. The Hall–Kier alpha value is -0.120. The van der Waals surface area contributed by atoms with E-state index in [0.29, 0.717) is 0 Å². The molecule has 0 fully saturated rings. The van der Waals surface area contributed by atoms with Gasteiger partial charge in [-0.15, -0.1) is 0 Å². The summed E-state index contributed by atoms with van der Waals surface area (Å²) in [5.41, 5.74) is 0. The van der Waals surface area contributed by atoms with E-state index in [4.69, 9.17) is 9.47 Å². The van der Waals surface area contributed by atoms with E-state index in [9.17, 15) is 0 Å². The summed E-state index contributed by atoms with van der Waals surface area (Å²) in [5.74, 6) is 0. The second kappa shape index (κ2) is 5.65. The van der Waals surface area contributed by atoms with Crippen LogP contribution >= 0.6 is 0 Å². The number of nitrogens with one attached hydrogen (secondary N) is 1. The highest BCUT2D eigenvalue weighted by Gasteiger charge is 2.12. The molecule has 0 aromatic heterocycles. The zero-order chi connectivity index (χ0) is 7.98. The molecule has 62 valence electrons. The van der Waals surface area contributed by atoms with Crippen molar-refractivity contribution < 1.29 is 9.47 Å². The summed E-state index contributed by atoms with van der Waals surface area (Å²) >= 11 is 0. The third-order valence-electron chi connectivity index (χ3n) is 1.40. The van der Waals surface area contributed by atoms with E-state index in [1.165, 1.54) is 0 Å². The van der Waals surface area contributed by atoms with E-state index < -0.39 is 0 Å². The molecule has 0 aromatic carbocycles. The first kappa shape index (κ1) is 9.88. The van der Waals surface area contributed by atoms with Crippen molar-refractivity contribution >= 4 is 0 Å². The molecule has 0 radical (unpaired) electrons. The van der Waals surface area contributed by atoms with E-state index >= 15 is 0 Å². The summed E-state index contributed by atoms with van der Waals surface area (Å²) in [6.45, 7) is 5.02. The van der Waals surface area contributed by atoms with Crippen LogP contribution in [0.3, 0.4) is 0 Å². The molecule has 0 rings (SSSR count). The predicted molar refractivity (Wildman–Crippen MR) is 40.9 cm³/mol. The van der Waals surface area contributed by atoms with E-state index in [0.717, 1.165) is 6.54 Å². The molecule has 0 aliphatic carbocycles. The van der Waals surface area contributed by atoms with Gasteiger partial charge in [0.2, 0.25) is 0 Å². The Balaban J connectivity index is 3.53. The molecule has 10 heavy (non-hydrogen) atoms. The summed E-state index contributed by atoms with van der Waals surface area (Å²) in [6.07, 6.45) is -0.139. The van der Waals surface area contributed by atoms with Gasteiger partial charge in [0.1, 0.15) is 0 Å². The predicted octanol–water partition coefficient (Wildman–Crippen LogP) is 0.603. The molecule has 0 bridgehead atoms. The van der Waals surface area contributed by atoms with Gasteiger partial charge >= 0.3 is 0 Å². The van der Waals surface area contributed by atoms with E-state index in [-0.39, 0.29) is 12.3 Å². The van der Waals surface area contributed by atoms with E-state index in [1.807, 2.05) is 6.92 Å². The van der Waals surface area contributed by atoms with Crippen molar-refractivity contribution in [1.82, 2.24) is 5.32 Å². The highest BCUT2D eigenvalue weighted by atomic mass is 16.7. The van der Waals surface area contributed by atoms with Crippen LogP contribution in [0.5, 0.6) is 0 Å². The van der Waals surface area contributed by atoms with Gasteiger partial charge in [0.05, 0.1) is 6.04 Å². The summed E-state index contributed by atoms with van der Waals surface area (Å²) in [6, 6.07) is 0.250. The van der Waals surface area contributed by atoms with Crippen molar-refractivity contribution in [2.75, 3.05) is 20.8 Å². The van der Waals surface area contributed by atoms with E-state index in [1.54, 1.807) is 14.2 Å². The average Bonchev–Trinajstić information content (AvgIpc) is 1.91. The minimum Gasteiger partial charge on any atom is -0.354 e. The number of hydrogen-bond donors (Lipinski definition) is 1. The molecule has 0 saturated carbocycles. The maximum absolute atomic E-state index is 5.03. The molecule has 1 unspecified atom stereocenters. The average molecular weight is 147 g/mol. The van der Waals surface area contributed by atoms with Gasteiger partial charge in [-0.3, -0.25) is 0 Å². The monoisotopic (exact) mass is 147 g/mol.